The molecule has 1 aromatic carbocycles. The van der Waals surface area contributed by atoms with E-state index in [9.17, 15) is 0 Å². The van der Waals surface area contributed by atoms with Crippen LogP contribution in [0.1, 0.15) is 32.3 Å². The van der Waals surface area contributed by atoms with Gasteiger partial charge in [-0.1, -0.05) is 36.4 Å². The number of nitrogens with one attached hydrogen (secondary N) is 2. The Morgan fingerprint density at radius 1 is 1.22 bits per heavy atom. The number of benzene rings is 1. The molecule has 0 atom stereocenters. The molecule has 1 aromatic rings. The van der Waals surface area contributed by atoms with Gasteiger partial charge in [-0.05, 0) is 44.2 Å². The zero-order chi connectivity index (χ0) is 15.9. The Morgan fingerprint density at radius 2 is 2.00 bits per heavy atom. The van der Waals surface area contributed by atoms with Gasteiger partial charge in [-0.15, -0.1) is 0 Å². The molecule has 0 saturated heterocycles. The van der Waals surface area contributed by atoms with Gasteiger partial charge in [0.1, 0.15) is 5.82 Å². The predicted octanol–water partition coefficient (Wildman–Crippen LogP) is 3.49. The SMILES string of the molecule is CC1(C)C=C2C=CNC(NCc3ccccc3)=C2N1CC1CC1. The lowest BCUT2D eigenvalue weighted by molar-refractivity contribution is 0.223. The first-order valence-electron chi connectivity index (χ1n) is 8.59. The summed E-state index contributed by atoms with van der Waals surface area (Å²) in [6.07, 6.45) is 9.39. The highest BCUT2D eigenvalue weighted by molar-refractivity contribution is 5.51. The molecule has 2 aliphatic heterocycles. The van der Waals surface area contributed by atoms with Crippen LogP contribution in [0.15, 0.2) is 65.8 Å². The maximum atomic E-state index is 3.61. The Kier molecular flexibility index (Phi) is 3.44. The minimum atomic E-state index is 0.0866. The molecule has 0 unspecified atom stereocenters. The van der Waals surface area contributed by atoms with E-state index >= 15 is 0 Å². The fourth-order valence-electron chi connectivity index (χ4n) is 3.47. The molecule has 0 bridgehead atoms. The lowest BCUT2D eigenvalue weighted by Crippen LogP contribution is -2.42. The van der Waals surface area contributed by atoms with E-state index in [0.717, 1.165) is 24.8 Å². The largest absolute Gasteiger partial charge is 0.366 e. The van der Waals surface area contributed by atoms with Crippen molar-refractivity contribution in [3.63, 3.8) is 0 Å². The zero-order valence-electron chi connectivity index (χ0n) is 14.0. The molecule has 120 valence electrons. The Bertz CT molecular complexity index is 678. The van der Waals surface area contributed by atoms with E-state index in [1.165, 1.54) is 29.7 Å². The van der Waals surface area contributed by atoms with Crippen LogP contribution in [0.25, 0.3) is 0 Å². The van der Waals surface area contributed by atoms with Crippen LogP contribution in [0.4, 0.5) is 0 Å². The van der Waals surface area contributed by atoms with E-state index in [1.807, 2.05) is 6.20 Å². The van der Waals surface area contributed by atoms with Gasteiger partial charge in [-0.3, -0.25) is 0 Å². The number of nitrogens with zero attached hydrogens (tertiary/aromatic N) is 1. The monoisotopic (exact) mass is 307 g/mol. The molecule has 1 aliphatic carbocycles. The smallest absolute Gasteiger partial charge is 0.128 e. The van der Waals surface area contributed by atoms with Gasteiger partial charge in [0.05, 0.1) is 11.2 Å². The Labute approximate surface area is 138 Å². The van der Waals surface area contributed by atoms with Gasteiger partial charge >= 0.3 is 0 Å². The average molecular weight is 307 g/mol. The van der Waals surface area contributed by atoms with Crippen molar-refractivity contribution in [1.82, 2.24) is 15.5 Å². The van der Waals surface area contributed by atoms with Crippen LogP contribution >= 0.6 is 0 Å². The standard InChI is InChI=1S/C20H25N3/c1-20(2)12-17-10-11-21-19(18(17)23(20)14-16-8-9-16)22-13-15-6-4-3-5-7-15/h3-7,10-12,16,21-22H,8-9,13-14H2,1-2H3. The molecule has 0 aromatic heterocycles. The Balaban J connectivity index is 1.59. The molecule has 0 amide bonds. The van der Waals surface area contributed by atoms with Crippen LogP contribution < -0.4 is 10.6 Å². The molecular formula is C20H25N3. The summed E-state index contributed by atoms with van der Waals surface area (Å²) in [5.74, 6) is 2.00. The maximum Gasteiger partial charge on any atom is 0.128 e. The summed E-state index contributed by atoms with van der Waals surface area (Å²) >= 11 is 0. The molecule has 0 spiro atoms. The van der Waals surface area contributed by atoms with E-state index in [2.05, 4.69) is 71.9 Å². The Morgan fingerprint density at radius 3 is 2.74 bits per heavy atom. The highest BCUT2D eigenvalue weighted by atomic mass is 15.3. The summed E-state index contributed by atoms with van der Waals surface area (Å²) in [5.41, 5.74) is 4.06. The normalized spacial score (nSPS) is 21.8. The van der Waals surface area contributed by atoms with Crippen LogP contribution in [0.3, 0.4) is 0 Å². The fourth-order valence-corrected chi connectivity index (χ4v) is 3.47. The highest BCUT2D eigenvalue weighted by Gasteiger charge is 2.40. The molecule has 1 fully saturated rings. The van der Waals surface area contributed by atoms with Gasteiger partial charge in [-0.25, -0.2) is 0 Å². The van der Waals surface area contributed by atoms with Gasteiger partial charge in [-0.2, -0.15) is 0 Å². The van der Waals surface area contributed by atoms with Gasteiger partial charge in [0.2, 0.25) is 0 Å². The minimum absolute atomic E-state index is 0.0866. The highest BCUT2D eigenvalue weighted by Crippen LogP contribution is 2.41. The van der Waals surface area contributed by atoms with Gasteiger partial charge < -0.3 is 15.5 Å². The number of allylic oxidation sites excluding steroid dienone is 1. The third-order valence-electron chi connectivity index (χ3n) is 4.92. The predicted molar refractivity (Wildman–Crippen MR) is 94.2 cm³/mol. The topological polar surface area (TPSA) is 27.3 Å². The summed E-state index contributed by atoms with van der Waals surface area (Å²) in [5, 5.41) is 7.03. The zero-order valence-corrected chi connectivity index (χ0v) is 14.0. The van der Waals surface area contributed by atoms with E-state index < -0.39 is 0 Å². The van der Waals surface area contributed by atoms with Crippen LogP contribution in [0.2, 0.25) is 0 Å². The lowest BCUT2D eigenvalue weighted by Gasteiger charge is -2.36. The molecule has 0 radical (unpaired) electrons. The van der Waals surface area contributed by atoms with Crippen LogP contribution in [-0.4, -0.2) is 17.0 Å². The van der Waals surface area contributed by atoms with Gasteiger partial charge in [0.15, 0.2) is 0 Å². The quantitative estimate of drug-likeness (QED) is 0.872. The summed E-state index contributed by atoms with van der Waals surface area (Å²) in [4.78, 5) is 2.57. The third-order valence-corrected chi connectivity index (χ3v) is 4.92. The van der Waals surface area contributed by atoms with Gasteiger partial charge in [0.25, 0.3) is 0 Å². The van der Waals surface area contributed by atoms with Crippen molar-refractivity contribution in [2.75, 3.05) is 6.54 Å². The van der Waals surface area contributed by atoms with E-state index in [0.29, 0.717) is 0 Å². The molecule has 1 saturated carbocycles. The molecular weight excluding hydrogens is 282 g/mol. The maximum absolute atomic E-state index is 3.61. The molecule has 3 nitrogen and oxygen atoms in total. The van der Waals surface area contributed by atoms with E-state index in [-0.39, 0.29) is 5.54 Å². The minimum Gasteiger partial charge on any atom is -0.366 e. The first kappa shape index (κ1) is 14.4. The lowest BCUT2D eigenvalue weighted by atomic mass is 10.0. The molecule has 2 N–H and O–H groups in total. The Hall–Kier alpha value is -2.16. The van der Waals surface area contributed by atoms with Crippen molar-refractivity contribution in [3.05, 3.63) is 71.3 Å². The summed E-state index contributed by atoms with van der Waals surface area (Å²) in [6, 6.07) is 10.6. The second-order valence-corrected chi connectivity index (χ2v) is 7.35. The van der Waals surface area contributed by atoms with Crippen LogP contribution in [0.5, 0.6) is 0 Å². The molecule has 23 heavy (non-hydrogen) atoms. The van der Waals surface area contributed by atoms with Crippen molar-refractivity contribution in [1.29, 1.82) is 0 Å². The van der Waals surface area contributed by atoms with Crippen LogP contribution in [-0.2, 0) is 6.54 Å². The van der Waals surface area contributed by atoms with Crippen molar-refractivity contribution in [2.24, 2.45) is 5.92 Å². The third kappa shape index (κ3) is 2.88. The van der Waals surface area contributed by atoms with Crippen LogP contribution in [0, 0.1) is 5.92 Å². The summed E-state index contributed by atoms with van der Waals surface area (Å²) in [7, 11) is 0. The van der Waals surface area contributed by atoms with Crippen molar-refractivity contribution >= 4 is 0 Å². The summed E-state index contributed by atoms with van der Waals surface area (Å²) < 4.78 is 0. The first-order chi connectivity index (χ1) is 11.1. The molecule has 3 heteroatoms. The number of hydrogen-bond acceptors (Lipinski definition) is 3. The summed E-state index contributed by atoms with van der Waals surface area (Å²) in [6.45, 7) is 6.63. The molecule has 2 heterocycles. The average Bonchev–Trinajstić information content (AvgIpc) is 3.31. The fraction of sp³-hybridized carbons (Fsp3) is 0.400. The second-order valence-electron chi connectivity index (χ2n) is 7.35. The molecule has 4 rings (SSSR count). The number of rotatable bonds is 5. The molecule has 3 aliphatic rings. The van der Waals surface area contributed by atoms with E-state index in [1.54, 1.807) is 0 Å². The van der Waals surface area contributed by atoms with Crippen molar-refractivity contribution in [3.8, 4) is 0 Å². The second kappa shape index (κ2) is 5.48. The van der Waals surface area contributed by atoms with Crippen molar-refractivity contribution < 1.29 is 0 Å². The number of fused-ring (bicyclic) bond motifs is 1. The number of dihydropyridines is 1. The first-order valence-corrected chi connectivity index (χ1v) is 8.59. The van der Waals surface area contributed by atoms with Crippen molar-refractivity contribution in [2.45, 2.75) is 38.8 Å². The van der Waals surface area contributed by atoms with E-state index in [4.69, 9.17) is 0 Å². The van der Waals surface area contributed by atoms with Gasteiger partial charge in [0, 0.05) is 24.9 Å². The number of hydrogen-bond donors (Lipinski definition) is 2.